The Morgan fingerprint density at radius 1 is 0.947 bits per heavy atom. The fraction of sp³-hybridized carbons (Fsp3) is 0.290. The molecular weight excluding hydrogens is 482 g/mol. The van der Waals surface area contributed by atoms with Crippen molar-refractivity contribution in [2.45, 2.75) is 25.7 Å². The number of aliphatic hydroxyl groups is 1. The van der Waals surface area contributed by atoms with Gasteiger partial charge in [-0.3, -0.25) is 24.1 Å². The third-order valence-electron chi connectivity index (χ3n) is 8.15. The van der Waals surface area contributed by atoms with Gasteiger partial charge in [0.1, 0.15) is 12.4 Å². The molecule has 2 amide bonds. The molecule has 6 rings (SSSR count). The first-order chi connectivity index (χ1) is 18.4. The topological polar surface area (TPSA) is 101 Å². The van der Waals surface area contributed by atoms with Gasteiger partial charge in [-0.25, -0.2) is 0 Å². The second kappa shape index (κ2) is 9.33. The van der Waals surface area contributed by atoms with Crippen LogP contribution in [0.15, 0.2) is 89.0 Å². The molecule has 2 aromatic rings. The summed E-state index contributed by atoms with van der Waals surface area (Å²) in [4.78, 5) is 55.3. The Hall–Kier alpha value is -4.10. The maximum atomic E-state index is 13.8. The Morgan fingerprint density at radius 2 is 1.68 bits per heavy atom. The van der Waals surface area contributed by atoms with Crippen LogP contribution < -0.4 is 9.64 Å². The van der Waals surface area contributed by atoms with Gasteiger partial charge in [-0.1, -0.05) is 42.0 Å². The lowest BCUT2D eigenvalue weighted by atomic mass is 9.59. The summed E-state index contributed by atoms with van der Waals surface area (Å²) in [6.07, 6.45) is 4.08. The van der Waals surface area contributed by atoms with E-state index in [4.69, 9.17) is 9.84 Å². The number of carbonyl (C=O) groups is 4. The van der Waals surface area contributed by atoms with Gasteiger partial charge in [0.25, 0.3) is 0 Å². The lowest BCUT2D eigenvalue weighted by molar-refractivity contribution is -0.123. The predicted octanol–water partition coefficient (Wildman–Crippen LogP) is 3.69. The number of hydrogen-bond donors (Lipinski definition) is 1. The Bertz CT molecular complexity index is 1450. The first-order valence-electron chi connectivity index (χ1n) is 12.9. The molecule has 3 aliphatic carbocycles. The van der Waals surface area contributed by atoms with Crippen LogP contribution in [0.5, 0.6) is 5.75 Å². The van der Waals surface area contributed by atoms with Crippen LogP contribution in [0.4, 0.5) is 5.69 Å². The maximum Gasteiger partial charge on any atom is 0.238 e. The molecule has 0 saturated carbocycles. The summed E-state index contributed by atoms with van der Waals surface area (Å²) in [5.74, 6) is -2.21. The molecule has 0 aromatic heterocycles. The number of allylic oxidation sites excluding steroid dienone is 6. The number of hydrogen-bond acceptors (Lipinski definition) is 6. The van der Waals surface area contributed by atoms with Gasteiger partial charge in [-0.2, -0.15) is 0 Å². The predicted molar refractivity (Wildman–Crippen MR) is 139 cm³/mol. The van der Waals surface area contributed by atoms with E-state index in [9.17, 15) is 19.2 Å². The number of ketones is 2. The van der Waals surface area contributed by atoms with Gasteiger partial charge in [-0.15, -0.1) is 0 Å². The van der Waals surface area contributed by atoms with E-state index in [0.29, 0.717) is 34.6 Å². The average molecular weight is 510 g/mol. The van der Waals surface area contributed by atoms with Gasteiger partial charge in [0, 0.05) is 22.6 Å². The lowest BCUT2D eigenvalue weighted by Gasteiger charge is -2.42. The fourth-order valence-corrected chi connectivity index (χ4v) is 6.51. The van der Waals surface area contributed by atoms with Crippen LogP contribution in [0.3, 0.4) is 0 Å². The summed E-state index contributed by atoms with van der Waals surface area (Å²) in [6, 6.07) is 16.2. The van der Waals surface area contributed by atoms with Gasteiger partial charge in [0.05, 0.1) is 24.1 Å². The first-order valence-corrected chi connectivity index (χ1v) is 12.9. The molecule has 0 spiro atoms. The molecule has 4 atom stereocenters. The molecule has 7 nitrogen and oxygen atoms in total. The van der Waals surface area contributed by atoms with Crippen LogP contribution in [-0.2, 0) is 19.2 Å². The summed E-state index contributed by atoms with van der Waals surface area (Å²) in [5.41, 5.74) is 3.57. The molecule has 4 unspecified atom stereocenters. The van der Waals surface area contributed by atoms with Crippen LogP contribution in [0.1, 0.15) is 31.2 Å². The zero-order chi connectivity index (χ0) is 26.6. The Balaban J connectivity index is 1.44. The van der Waals surface area contributed by atoms with E-state index in [-0.39, 0.29) is 48.9 Å². The molecule has 2 aromatic carbocycles. The minimum Gasteiger partial charge on any atom is -0.491 e. The van der Waals surface area contributed by atoms with E-state index in [1.54, 1.807) is 43.3 Å². The normalized spacial score (nSPS) is 26.5. The number of nitrogens with zero attached hydrogens (tertiary/aromatic N) is 1. The van der Waals surface area contributed by atoms with Crippen LogP contribution in [-0.4, -0.2) is 41.7 Å². The minimum absolute atomic E-state index is 0.104. The minimum atomic E-state index is -0.597. The number of amides is 2. The summed E-state index contributed by atoms with van der Waals surface area (Å²) in [6.45, 7) is 1.70. The number of aliphatic hydroxyl groups excluding tert-OH is 1. The van der Waals surface area contributed by atoms with E-state index < -0.39 is 17.8 Å². The standard InChI is InChI=1S/C31H27NO6/c1-17-15-25(34)28-24(29(17)35)16-23-21(26(28)18-7-9-20(10-8-18)38-14-13-33)11-12-22-27(23)31(37)32(30(22)36)19-5-3-2-4-6-19/h2-11,15,22-23,26-27,33H,12-14,16H2,1H3. The van der Waals surface area contributed by atoms with Gasteiger partial charge in [0.2, 0.25) is 11.8 Å². The molecule has 1 heterocycles. The summed E-state index contributed by atoms with van der Waals surface area (Å²) in [5, 5.41) is 9.06. The highest BCUT2D eigenvalue weighted by Gasteiger charge is 2.56. The molecule has 1 N–H and O–H groups in total. The van der Waals surface area contributed by atoms with Crippen molar-refractivity contribution in [2.75, 3.05) is 18.1 Å². The smallest absolute Gasteiger partial charge is 0.238 e. The van der Waals surface area contributed by atoms with Crippen molar-refractivity contribution >= 4 is 29.1 Å². The quantitative estimate of drug-likeness (QED) is 0.375. The monoisotopic (exact) mass is 509 g/mol. The second-order valence-electron chi connectivity index (χ2n) is 10.2. The van der Waals surface area contributed by atoms with Crippen molar-refractivity contribution in [1.29, 1.82) is 0 Å². The van der Waals surface area contributed by atoms with E-state index in [1.807, 2.05) is 24.3 Å². The zero-order valence-corrected chi connectivity index (χ0v) is 20.9. The van der Waals surface area contributed by atoms with Gasteiger partial charge in [-0.05, 0) is 61.6 Å². The number of para-hydroxylation sites is 1. The Morgan fingerprint density at radius 3 is 2.39 bits per heavy atom. The van der Waals surface area contributed by atoms with Crippen LogP contribution >= 0.6 is 0 Å². The van der Waals surface area contributed by atoms with Gasteiger partial charge < -0.3 is 9.84 Å². The highest BCUT2D eigenvalue weighted by atomic mass is 16.5. The largest absolute Gasteiger partial charge is 0.491 e. The van der Waals surface area contributed by atoms with Crippen molar-refractivity contribution in [3.05, 3.63) is 94.6 Å². The molecule has 1 saturated heterocycles. The fourth-order valence-electron chi connectivity index (χ4n) is 6.51. The number of rotatable bonds is 5. The molecular formula is C31H27NO6. The lowest BCUT2D eigenvalue weighted by Crippen LogP contribution is -2.39. The molecule has 0 radical (unpaired) electrons. The Labute approximate surface area is 220 Å². The SMILES string of the molecule is CC1=CC(=O)C2=C(CC3C(=CCC4C(=O)N(c5ccccc5)C(=O)C43)C2c2ccc(OCCO)cc2)C1=O. The summed E-state index contributed by atoms with van der Waals surface area (Å²) < 4.78 is 5.50. The number of Topliss-reactive ketones (excluding diaryl/α,β-unsaturated/α-hetero) is 1. The number of anilines is 1. The van der Waals surface area contributed by atoms with E-state index >= 15 is 0 Å². The highest BCUT2D eigenvalue weighted by Crippen LogP contribution is 2.55. The number of carbonyl (C=O) groups excluding carboxylic acids is 4. The van der Waals surface area contributed by atoms with Crippen LogP contribution in [0.2, 0.25) is 0 Å². The van der Waals surface area contributed by atoms with Gasteiger partial charge in [0.15, 0.2) is 11.6 Å². The Kier molecular flexibility index (Phi) is 5.95. The molecule has 1 fully saturated rings. The molecule has 0 bridgehead atoms. The van der Waals surface area contributed by atoms with Crippen LogP contribution in [0.25, 0.3) is 0 Å². The summed E-state index contributed by atoms with van der Waals surface area (Å²) in [7, 11) is 0. The van der Waals surface area contributed by atoms with E-state index in [0.717, 1.165) is 11.1 Å². The van der Waals surface area contributed by atoms with Crippen molar-refractivity contribution < 1.29 is 29.0 Å². The van der Waals surface area contributed by atoms with E-state index in [1.165, 1.54) is 11.0 Å². The average Bonchev–Trinajstić information content (AvgIpc) is 3.19. The number of benzene rings is 2. The second-order valence-corrected chi connectivity index (χ2v) is 10.2. The zero-order valence-electron chi connectivity index (χ0n) is 20.9. The molecule has 1 aliphatic heterocycles. The van der Waals surface area contributed by atoms with Gasteiger partial charge >= 0.3 is 0 Å². The molecule has 38 heavy (non-hydrogen) atoms. The molecule has 7 heteroatoms. The highest BCUT2D eigenvalue weighted by molar-refractivity contribution is 6.25. The van der Waals surface area contributed by atoms with Crippen molar-refractivity contribution in [1.82, 2.24) is 0 Å². The van der Waals surface area contributed by atoms with Crippen molar-refractivity contribution in [3.63, 3.8) is 0 Å². The van der Waals surface area contributed by atoms with Crippen LogP contribution in [0, 0.1) is 17.8 Å². The third kappa shape index (κ3) is 3.69. The molecule has 192 valence electrons. The maximum absolute atomic E-state index is 13.8. The summed E-state index contributed by atoms with van der Waals surface area (Å²) >= 11 is 0. The number of fused-ring (bicyclic) bond motifs is 3. The van der Waals surface area contributed by atoms with Crippen molar-refractivity contribution in [3.8, 4) is 5.75 Å². The third-order valence-corrected chi connectivity index (χ3v) is 8.15. The van der Waals surface area contributed by atoms with Crippen molar-refractivity contribution in [2.24, 2.45) is 17.8 Å². The number of imide groups is 1. The van der Waals surface area contributed by atoms with E-state index in [2.05, 4.69) is 0 Å². The first kappa shape index (κ1) is 24.2. The molecule has 4 aliphatic rings. The number of ether oxygens (including phenoxy) is 1.